The Labute approximate surface area is 144 Å². The molecule has 25 heavy (non-hydrogen) atoms. The van der Waals surface area contributed by atoms with Gasteiger partial charge in [0.05, 0.1) is 22.5 Å². The summed E-state index contributed by atoms with van der Waals surface area (Å²) in [5.41, 5.74) is 0.558. The Morgan fingerprint density at radius 3 is 2.52 bits per heavy atom. The van der Waals surface area contributed by atoms with Crippen LogP contribution < -0.4 is 10.7 Å². The number of benzene rings is 1. The number of hydrogen-bond acceptors (Lipinski definition) is 4. The number of halogens is 4. The quantitative estimate of drug-likeness (QED) is 0.491. The van der Waals surface area contributed by atoms with Crippen molar-refractivity contribution >= 4 is 35.3 Å². The Kier molecular flexibility index (Phi) is 5.48. The average molecular weight is 374 g/mol. The lowest BCUT2D eigenvalue weighted by atomic mass is 10.2. The summed E-state index contributed by atoms with van der Waals surface area (Å²) in [6, 6.07) is 5.62. The van der Waals surface area contributed by atoms with Crippen LogP contribution in [-0.4, -0.2) is 18.0 Å². The average Bonchev–Trinajstić information content (AvgIpc) is 2.93. The van der Waals surface area contributed by atoms with Crippen molar-refractivity contribution in [2.24, 2.45) is 5.10 Å². The van der Waals surface area contributed by atoms with Gasteiger partial charge in [-0.3, -0.25) is 9.59 Å². The lowest BCUT2D eigenvalue weighted by molar-refractivity contribution is -0.137. The van der Waals surface area contributed by atoms with Crippen molar-refractivity contribution in [1.82, 2.24) is 5.43 Å². The minimum Gasteiger partial charge on any atom is -0.460 e. The van der Waals surface area contributed by atoms with E-state index >= 15 is 0 Å². The number of anilines is 1. The zero-order valence-corrected chi connectivity index (χ0v) is 13.4. The zero-order chi connectivity index (χ0) is 18.6. The topological polar surface area (TPSA) is 83.7 Å². The standard InChI is InChI=1S/C15H11ClF3N3O3/c1-8-2-4-10(25-8)7-20-22-14(24)13(23)21-12-6-9(15(17,18)19)3-5-11(12)16/h2-7H,1H3,(H,21,23)(H,22,24)/b20-7+. The van der Waals surface area contributed by atoms with E-state index in [0.717, 1.165) is 18.3 Å². The summed E-state index contributed by atoms with van der Waals surface area (Å²) in [5.74, 6) is -1.44. The van der Waals surface area contributed by atoms with Gasteiger partial charge >= 0.3 is 18.0 Å². The number of alkyl halides is 3. The van der Waals surface area contributed by atoms with Crippen molar-refractivity contribution in [3.63, 3.8) is 0 Å². The van der Waals surface area contributed by atoms with E-state index in [1.165, 1.54) is 0 Å². The summed E-state index contributed by atoms with van der Waals surface area (Å²) in [4.78, 5) is 23.3. The number of furan rings is 1. The Bertz CT molecular complexity index is 831. The van der Waals surface area contributed by atoms with Gasteiger partial charge in [-0.05, 0) is 37.3 Å². The van der Waals surface area contributed by atoms with Crippen LogP contribution in [0.5, 0.6) is 0 Å². The van der Waals surface area contributed by atoms with Gasteiger partial charge in [0.25, 0.3) is 0 Å². The number of aryl methyl sites for hydroxylation is 1. The van der Waals surface area contributed by atoms with Crippen LogP contribution in [0, 0.1) is 6.92 Å². The molecule has 10 heteroatoms. The van der Waals surface area contributed by atoms with E-state index in [1.807, 2.05) is 10.7 Å². The van der Waals surface area contributed by atoms with Crippen LogP contribution >= 0.6 is 11.6 Å². The summed E-state index contributed by atoms with van der Waals surface area (Å²) in [5, 5.41) is 5.35. The highest BCUT2D eigenvalue weighted by Gasteiger charge is 2.31. The Balaban J connectivity index is 2.01. The summed E-state index contributed by atoms with van der Waals surface area (Å²) in [7, 11) is 0. The van der Waals surface area contributed by atoms with Crippen molar-refractivity contribution in [3.05, 3.63) is 52.4 Å². The minimum atomic E-state index is -4.61. The molecule has 0 aliphatic rings. The SMILES string of the molecule is Cc1ccc(/C=N/NC(=O)C(=O)Nc2cc(C(F)(F)F)ccc2Cl)o1. The first-order valence-electron chi connectivity index (χ1n) is 6.74. The van der Waals surface area contributed by atoms with Crippen molar-refractivity contribution in [2.75, 3.05) is 5.32 Å². The molecule has 2 N–H and O–H groups in total. The van der Waals surface area contributed by atoms with Gasteiger partial charge in [-0.1, -0.05) is 11.6 Å². The number of nitrogens with zero attached hydrogens (tertiary/aromatic N) is 1. The molecule has 0 bridgehead atoms. The van der Waals surface area contributed by atoms with Crippen LogP contribution in [0.4, 0.5) is 18.9 Å². The monoisotopic (exact) mass is 373 g/mol. The van der Waals surface area contributed by atoms with Crippen LogP contribution in [0.15, 0.2) is 39.9 Å². The zero-order valence-electron chi connectivity index (χ0n) is 12.6. The van der Waals surface area contributed by atoms with Gasteiger partial charge in [-0.2, -0.15) is 18.3 Å². The molecule has 1 aromatic carbocycles. The van der Waals surface area contributed by atoms with Crippen LogP contribution in [-0.2, 0) is 15.8 Å². The van der Waals surface area contributed by atoms with Crippen LogP contribution in [0.2, 0.25) is 5.02 Å². The van der Waals surface area contributed by atoms with E-state index < -0.39 is 23.6 Å². The number of carbonyl (C=O) groups is 2. The number of hydrazone groups is 1. The molecule has 0 spiro atoms. The molecule has 0 aliphatic carbocycles. The molecule has 0 saturated heterocycles. The van der Waals surface area contributed by atoms with Crippen LogP contribution in [0.1, 0.15) is 17.1 Å². The summed E-state index contributed by atoms with van der Waals surface area (Å²) in [6.45, 7) is 1.71. The highest BCUT2D eigenvalue weighted by molar-refractivity contribution is 6.41. The van der Waals surface area contributed by atoms with Gasteiger partial charge in [0, 0.05) is 0 Å². The normalized spacial score (nSPS) is 11.6. The molecule has 0 aliphatic heterocycles. The number of amides is 2. The third kappa shape index (κ3) is 5.08. The van der Waals surface area contributed by atoms with Crippen molar-refractivity contribution in [3.8, 4) is 0 Å². The molecular weight excluding hydrogens is 363 g/mol. The van der Waals surface area contributed by atoms with E-state index in [4.69, 9.17) is 16.0 Å². The maximum atomic E-state index is 12.7. The predicted octanol–water partition coefficient (Wildman–Crippen LogP) is 3.35. The molecule has 132 valence electrons. The highest BCUT2D eigenvalue weighted by atomic mass is 35.5. The summed E-state index contributed by atoms with van der Waals surface area (Å²) < 4.78 is 43.1. The molecule has 0 fully saturated rings. The Morgan fingerprint density at radius 2 is 1.92 bits per heavy atom. The highest BCUT2D eigenvalue weighted by Crippen LogP contribution is 2.33. The second-order valence-electron chi connectivity index (χ2n) is 4.79. The molecule has 0 saturated carbocycles. The summed E-state index contributed by atoms with van der Waals surface area (Å²) >= 11 is 5.73. The minimum absolute atomic E-state index is 0.149. The van der Waals surface area contributed by atoms with E-state index in [0.29, 0.717) is 17.6 Å². The van der Waals surface area contributed by atoms with Crippen molar-refractivity contribution < 1.29 is 27.2 Å². The van der Waals surface area contributed by atoms with Crippen LogP contribution in [0.3, 0.4) is 0 Å². The number of nitrogens with one attached hydrogen (secondary N) is 2. The maximum Gasteiger partial charge on any atom is 0.416 e. The third-order valence-corrected chi connectivity index (χ3v) is 3.20. The van der Waals surface area contributed by atoms with E-state index in [-0.39, 0.29) is 10.7 Å². The second kappa shape index (κ2) is 7.39. The molecule has 1 heterocycles. The van der Waals surface area contributed by atoms with Crippen LogP contribution in [0.25, 0.3) is 0 Å². The maximum absolute atomic E-state index is 12.7. The van der Waals surface area contributed by atoms with Crippen molar-refractivity contribution in [1.29, 1.82) is 0 Å². The van der Waals surface area contributed by atoms with E-state index in [9.17, 15) is 22.8 Å². The smallest absolute Gasteiger partial charge is 0.416 e. The number of hydrogen-bond donors (Lipinski definition) is 2. The van der Waals surface area contributed by atoms with E-state index in [1.54, 1.807) is 19.1 Å². The van der Waals surface area contributed by atoms with Gasteiger partial charge in [-0.25, -0.2) is 5.43 Å². The fourth-order valence-corrected chi connectivity index (χ4v) is 1.87. The first-order chi connectivity index (χ1) is 11.7. The molecule has 0 atom stereocenters. The largest absolute Gasteiger partial charge is 0.460 e. The molecule has 2 aromatic rings. The molecular formula is C15H11ClF3N3O3. The lowest BCUT2D eigenvalue weighted by Crippen LogP contribution is -2.32. The third-order valence-electron chi connectivity index (χ3n) is 2.87. The predicted molar refractivity (Wildman–Crippen MR) is 84.3 cm³/mol. The fourth-order valence-electron chi connectivity index (χ4n) is 1.70. The molecule has 0 unspecified atom stereocenters. The van der Waals surface area contributed by atoms with Gasteiger partial charge in [-0.15, -0.1) is 0 Å². The number of rotatable bonds is 3. The van der Waals surface area contributed by atoms with Crippen molar-refractivity contribution in [2.45, 2.75) is 13.1 Å². The van der Waals surface area contributed by atoms with E-state index in [2.05, 4.69) is 5.10 Å². The molecule has 0 radical (unpaired) electrons. The van der Waals surface area contributed by atoms with Gasteiger partial charge < -0.3 is 9.73 Å². The molecule has 1 aromatic heterocycles. The Morgan fingerprint density at radius 1 is 1.20 bits per heavy atom. The lowest BCUT2D eigenvalue weighted by Gasteiger charge is -2.11. The molecule has 6 nitrogen and oxygen atoms in total. The van der Waals surface area contributed by atoms with Gasteiger partial charge in [0.1, 0.15) is 11.5 Å². The second-order valence-corrected chi connectivity index (χ2v) is 5.20. The first-order valence-corrected chi connectivity index (χ1v) is 7.12. The molecule has 2 amide bonds. The first kappa shape index (κ1) is 18.5. The summed E-state index contributed by atoms with van der Waals surface area (Å²) in [6.07, 6.45) is -3.45. The molecule has 2 rings (SSSR count). The Hall–Kier alpha value is -2.81. The van der Waals surface area contributed by atoms with Gasteiger partial charge in [0.2, 0.25) is 0 Å². The fraction of sp³-hybridized carbons (Fsp3) is 0.133. The van der Waals surface area contributed by atoms with Gasteiger partial charge in [0.15, 0.2) is 0 Å². The number of carbonyl (C=O) groups excluding carboxylic acids is 2.